The molecule has 1 aromatic carbocycles. The lowest BCUT2D eigenvalue weighted by molar-refractivity contribution is 0.288. The lowest BCUT2D eigenvalue weighted by Crippen LogP contribution is -2.03. The molecule has 22 heavy (non-hydrogen) atoms. The van der Waals surface area contributed by atoms with E-state index in [1.165, 1.54) is 6.07 Å². The van der Waals surface area contributed by atoms with Crippen LogP contribution in [0.3, 0.4) is 0 Å². The second kappa shape index (κ2) is 7.80. The van der Waals surface area contributed by atoms with Crippen LogP contribution >= 0.6 is 23.2 Å². The molecule has 0 saturated heterocycles. The van der Waals surface area contributed by atoms with Crippen molar-refractivity contribution < 1.29 is 9.13 Å². The summed E-state index contributed by atoms with van der Waals surface area (Å²) in [6.45, 7) is 4.32. The monoisotopic (exact) mass is 341 g/mol. The van der Waals surface area contributed by atoms with Gasteiger partial charge in [0.1, 0.15) is 12.4 Å². The van der Waals surface area contributed by atoms with Crippen molar-refractivity contribution in [3.63, 3.8) is 0 Å². The first-order chi connectivity index (χ1) is 10.5. The first kappa shape index (κ1) is 17.0. The third-order valence-electron chi connectivity index (χ3n) is 3.60. The van der Waals surface area contributed by atoms with Gasteiger partial charge in [0.25, 0.3) is 0 Å². The summed E-state index contributed by atoms with van der Waals surface area (Å²) in [7, 11) is 0. The van der Waals surface area contributed by atoms with E-state index >= 15 is 0 Å². The highest BCUT2D eigenvalue weighted by Crippen LogP contribution is 2.25. The molecule has 0 radical (unpaired) electrons. The van der Waals surface area contributed by atoms with Crippen LogP contribution in [0, 0.1) is 11.7 Å². The van der Waals surface area contributed by atoms with E-state index in [1.807, 2.05) is 0 Å². The standard InChI is InChI=1S/C17H18Cl2FNO/c1-3-11(2)7-12-9-21-17(8-15(12)19)22-10-13-14(18)5-4-6-16(13)20/h4-6,8-9,11H,3,7,10H2,1-2H3. The molecule has 0 amide bonds. The predicted molar refractivity (Wildman–Crippen MR) is 88.1 cm³/mol. The summed E-state index contributed by atoms with van der Waals surface area (Å²) in [6, 6.07) is 6.19. The maximum atomic E-state index is 13.7. The van der Waals surface area contributed by atoms with E-state index in [2.05, 4.69) is 18.8 Å². The second-order valence-corrected chi connectivity index (χ2v) is 6.13. The molecular weight excluding hydrogens is 324 g/mol. The SMILES string of the molecule is CCC(C)Cc1cnc(OCc2c(F)cccc2Cl)cc1Cl. The topological polar surface area (TPSA) is 22.1 Å². The summed E-state index contributed by atoms with van der Waals surface area (Å²) in [5, 5.41) is 0.949. The molecule has 0 spiro atoms. The van der Waals surface area contributed by atoms with E-state index < -0.39 is 5.82 Å². The Balaban J connectivity index is 2.06. The Hall–Kier alpha value is -1.32. The molecule has 0 aliphatic heterocycles. The summed E-state index contributed by atoms with van der Waals surface area (Å²) in [4.78, 5) is 4.23. The average molecular weight is 342 g/mol. The zero-order chi connectivity index (χ0) is 16.1. The molecule has 2 aromatic rings. The summed E-state index contributed by atoms with van der Waals surface area (Å²) in [5.41, 5.74) is 1.30. The average Bonchev–Trinajstić information content (AvgIpc) is 2.49. The second-order valence-electron chi connectivity index (χ2n) is 5.32. The van der Waals surface area contributed by atoms with Gasteiger partial charge >= 0.3 is 0 Å². The molecule has 2 nitrogen and oxygen atoms in total. The fourth-order valence-electron chi connectivity index (χ4n) is 2.01. The molecule has 1 aromatic heterocycles. The van der Waals surface area contributed by atoms with Crippen molar-refractivity contribution in [2.45, 2.75) is 33.3 Å². The maximum absolute atomic E-state index is 13.7. The number of nitrogens with zero attached hydrogens (tertiary/aromatic N) is 1. The summed E-state index contributed by atoms with van der Waals surface area (Å²) in [6.07, 6.45) is 3.68. The third kappa shape index (κ3) is 4.34. The Morgan fingerprint density at radius 1 is 1.27 bits per heavy atom. The molecule has 1 heterocycles. The fourth-order valence-corrected chi connectivity index (χ4v) is 2.44. The molecule has 118 valence electrons. The maximum Gasteiger partial charge on any atom is 0.215 e. The first-order valence-corrected chi connectivity index (χ1v) is 7.97. The Morgan fingerprint density at radius 3 is 2.68 bits per heavy atom. The summed E-state index contributed by atoms with van der Waals surface area (Å²) >= 11 is 12.2. The van der Waals surface area contributed by atoms with Gasteiger partial charge in [-0.1, -0.05) is 49.5 Å². The molecule has 0 N–H and O–H groups in total. The van der Waals surface area contributed by atoms with Gasteiger partial charge in [-0.15, -0.1) is 0 Å². The zero-order valence-electron chi connectivity index (χ0n) is 12.6. The van der Waals surface area contributed by atoms with Crippen molar-refractivity contribution in [1.29, 1.82) is 0 Å². The number of benzene rings is 1. The molecule has 0 aliphatic rings. The lowest BCUT2D eigenvalue weighted by Gasteiger charge is -2.12. The molecule has 1 unspecified atom stereocenters. The van der Waals surface area contributed by atoms with Gasteiger partial charge in [0.05, 0.1) is 10.0 Å². The van der Waals surface area contributed by atoms with Gasteiger partial charge in [-0.2, -0.15) is 0 Å². The van der Waals surface area contributed by atoms with Gasteiger partial charge in [-0.25, -0.2) is 9.37 Å². The molecule has 5 heteroatoms. The normalized spacial score (nSPS) is 12.2. The Morgan fingerprint density at radius 2 is 2.05 bits per heavy atom. The highest BCUT2D eigenvalue weighted by atomic mass is 35.5. The number of ether oxygens (including phenoxy) is 1. The number of hydrogen-bond acceptors (Lipinski definition) is 2. The number of pyridine rings is 1. The summed E-state index contributed by atoms with van der Waals surface area (Å²) < 4.78 is 19.2. The molecule has 0 aliphatic carbocycles. The van der Waals surface area contributed by atoms with Gasteiger partial charge in [-0.3, -0.25) is 0 Å². The van der Waals surface area contributed by atoms with Crippen molar-refractivity contribution >= 4 is 23.2 Å². The van der Waals surface area contributed by atoms with Crippen LogP contribution in [-0.4, -0.2) is 4.98 Å². The van der Waals surface area contributed by atoms with Crippen LogP contribution in [0.1, 0.15) is 31.4 Å². The van der Waals surface area contributed by atoms with Crippen LogP contribution < -0.4 is 4.74 Å². The van der Waals surface area contributed by atoms with Crippen LogP contribution in [0.5, 0.6) is 5.88 Å². The largest absolute Gasteiger partial charge is 0.473 e. The van der Waals surface area contributed by atoms with Crippen molar-refractivity contribution in [3.05, 3.63) is 57.5 Å². The van der Waals surface area contributed by atoms with Crippen LogP contribution in [0.2, 0.25) is 10.0 Å². The summed E-state index contributed by atoms with van der Waals surface area (Å²) in [5.74, 6) is 0.507. The highest BCUT2D eigenvalue weighted by molar-refractivity contribution is 6.31. The molecule has 0 fully saturated rings. The minimum atomic E-state index is -0.396. The van der Waals surface area contributed by atoms with E-state index in [1.54, 1.807) is 24.4 Å². The van der Waals surface area contributed by atoms with Crippen molar-refractivity contribution in [2.24, 2.45) is 5.92 Å². The van der Waals surface area contributed by atoms with E-state index in [9.17, 15) is 4.39 Å². The Bertz CT molecular complexity index is 628. The zero-order valence-corrected chi connectivity index (χ0v) is 14.1. The van der Waals surface area contributed by atoms with Crippen molar-refractivity contribution in [2.75, 3.05) is 0 Å². The lowest BCUT2D eigenvalue weighted by atomic mass is 10.0. The number of hydrogen-bond donors (Lipinski definition) is 0. The van der Waals surface area contributed by atoms with Gasteiger partial charge in [0.15, 0.2) is 0 Å². The van der Waals surface area contributed by atoms with Crippen LogP contribution in [0.15, 0.2) is 30.5 Å². The van der Waals surface area contributed by atoms with Crippen LogP contribution in [0.4, 0.5) is 4.39 Å². The van der Waals surface area contributed by atoms with E-state index in [4.69, 9.17) is 27.9 Å². The minimum Gasteiger partial charge on any atom is -0.473 e. The molecule has 0 bridgehead atoms. The van der Waals surface area contributed by atoms with E-state index in [0.29, 0.717) is 27.4 Å². The van der Waals surface area contributed by atoms with Gasteiger partial charge in [0.2, 0.25) is 5.88 Å². The van der Waals surface area contributed by atoms with Gasteiger partial charge < -0.3 is 4.74 Å². The minimum absolute atomic E-state index is 0.0134. The van der Waals surface area contributed by atoms with E-state index in [0.717, 1.165) is 18.4 Å². The number of rotatable bonds is 6. The predicted octanol–water partition coefficient (Wildman–Crippen LogP) is 5.70. The fraction of sp³-hybridized carbons (Fsp3) is 0.353. The molecule has 0 saturated carbocycles. The smallest absolute Gasteiger partial charge is 0.215 e. The molecule has 2 rings (SSSR count). The van der Waals surface area contributed by atoms with Gasteiger partial charge in [-0.05, 0) is 30.0 Å². The Labute approximate surface area is 140 Å². The third-order valence-corrected chi connectivity index (χ3v) is 4.30. The number of halogens is 3. The molecule has 1 atom stereocenters. The molecular formula is C17H18Cl2FNO. The van der Waals surface area contributed by atoms with Gasteiger partial charge in [0, 0.05) is 17.8 Å². The quantitative estimate of drug-likeness (QED) is 0.672. The van der Waals surface area contributed by atoms with Crippen LogP contribution in [-0.2, 0) is 13.0 Å². The van der Waals surface area contributed by atoms with Crippen molar-refractivity contribution in [1.82, 2.24) is 4.98 Å². The van der Waals surface area contributed by atoms with Crippen LogP contribution in [0.25, 0.3) is 0 Å². The van der Waals surface area contributed by atoms with Crippen molar-refractivity contribution in [3.8, 4) is 5.88 Å². The highest BCUT2D eigenvalue weighted by Gasteiger charge is 2.10. The first-order valence-electron chi connectivity index (χ1n) is 7.21. The van der Waals surface area contributed by atoms with E-state index in [-0.39, 0.29) is 6.61 Å². The Kier molecular flexibility index (Phi) is 6.04. The number of aromatic nitrogens is 1.